The fourth-order valence-corrected chi connectivity index (χ4v) is 5.02. The summed E-state index contributed by atoms with van der Waals surface area (Å²) in [7, 11) is 0. The number of amides is 1. The van der Waals surface area contributed by atoms with Crippen molar-refractivity contribution in [2.45, 2.75) is 32.0 Å². The molecule has 1 aliphatic rings. The second-order valence-electron chi connectivity index (χ2n) is 8.99. The van der Waals surface area contributed by atoms with Crippen LogP contribution in [0.25, 0.3) is 10.4 Å². The summed E-state index contributed by atoms with van der Waals surface area (Å²) in [5, 5.41) is 23.4. The Kier molecular flexibility index (Phi) is 7.48. The van der Waals surface area contributed by atoms with Crippen LogP contribution < -0.4 is 11.1 Å². The van der Waals surface area contributed by atoms with Gasteiger partial charge in [-0.15, -0.1) is 11.3 Å². The van der Waals surface area contributed by atoms with E-state index in [-0.39, 0.29) is 18.2 Å². The summed E-state index contributed by atoms with van der Waals surface area (Å²) in [6, 6.07) is 11.5. The van der Waals surface area contributed by atoms with E-state index in [0.717, 1.165) is 5.69 Å². The first-order valence-electron chi connectivity index (χ1n) is 11.3. The van der Waals surface area contributed by atoms with Gasteiger partial charge in [0.05, 0.1) is 42.7 Å². The molecule has 1 saturated heterocycles. The lowest BCUT2D eigenvalue weighted by Crippen LogP contribution is -2.46. The van der Waals surface area contributed by atoms with Gasteiger partial charge in [-0.2, -0.15) is 0 Å². The number of carbonyl (C=O) groups is 1. The number of rotatable bonds is 8. The van der Waals surface area contributed by atoms with Gasteiger partial charge >= 0.3 is 0 Å². The number of morpholine rings is 1. The Bertz CT molecular complexity index is 1210. The molecule has 1 unspecified atom stereocenters. The van der Waals surface area contributed by atoms with Crippen molar-refractivity contribution in [3.8, 4) is 10.4 Å². The number of carbonyl (C=O) groups excluding carboxylic acids is 1. The van der Waals surface area contributed by atoms with E-state index in [4.69, 9.17) is 10.5 Å². The Morgan fingerprint density at radius 2 is 2.14 bits per heavy atom. The van der Waals surface area contributed by atoms with Crippen LogP contribution >= 0.6 is 11.3 Å². The monoisotopic (exact) mass is 500 g/mol. The molecular weight excluding hydrogens is 471 g/mol. The zero-order valence-corrected chi connectivity index (χ0v) is 20.4. The number of halogens is 1. The molecule has 1 atom stereocenters. The third-order valence-corrected chi connectivity index (χ3v) is 7.00. The molecule has 0 bridgehead atoms. The maximum absolute atomic E-state index is 14.9. The Morgan fingerprint density at radius 1 is 1.34 bits per heavy atom. The molecule has 10 heteroatoms. The smallest absolute Gasteiger partial charge is 0.251 e. The third-order valence-electron chi connectivity index (χ3n) is 5.91. The molecule has 1 fully saturated rings. The molecule has 3 heterocycles. The fraction of sp³-hybridized carbons (Fsp3) is 0.360. The van der Waals surface area contributed by atoms with E-state index in [1.165, 1.54) is 17.4 Å². The van der Waals surface area contributed by atoms with E-state index >= 15 is 0 Å². The van der Waals surface area contributed by atoms with Crippen molar-refractivity contribution in [3.63, 3.8) is 0 Å². The summed E-state index contributed by atoms with van der Waals surface area (Å²) in [4.78, 5) is 19.4. The summed E-state index contributed by atoms with van der Waals surface area (Å²) in [5.41, 5.74) is 6.22. The molecule has 3 aromatic rings. The normalized spacial score (nSPS) is 16.9. The number of nitrogens with zero attached hydrogens (tertiary/aromatic N) is 2. The number of benzene rings is 1. The van der Waals surface area contributed by atoms with Gasteiger partial charge in [0.1, 0.15) is 16.6 Å². The lowest BCUT2D eigenvalue weighted by Gasteiger charge is -2.34. The van der Waals surface area contributed by atoms with Gasteiger partial charge in [-0.1, -0.05) is 18.2 Å². The van der Waals surface area contributed by atoms with Crippen LogP contribution in [0.15, 0.2) is 42.5 Å². The number of aliphatic hydroxyl groups excluding tert-OH is 1. The summed E-state index contributed by atoms with van der Waals surface area (Å²) in [5.74, 6) is -0.624. The molecule has 5 N–H and O–H groups in total. The number of hydrogen-bond acceptors (Lipinski definition) is 8. The van der Waals surface area contributed by atoms with Crippen LogP contribution in [0.5, 0.6) is 0 Å². The second-order valence-corrected chi connectivity index (χ2v) is 10.0. The molecule has 0 aliphatic carbocycles. The number of pyridine rings is 1. The number of ether oxygens (including phenoxy) is 1. The predicted molar refractivity (Wildman–Crippen MR) is 133 cm³/mol. The van der Waals surface area contributed by atoms with Crippen molar-refractivity contribution in [2.24, 2.45) is 5.73 Å². The molecule has 8 nitrogen and oxygen atoms in total. The van der Waals surface area contributed by atoms with E-state index in [1.54, 1.807) is 38.1 Å². The Hall–Kier alpha value is -2.89. The van der Waals surface area contributed by atoms with Gasteiger partial charge < -0.3 is 26.0 Å². The summed E-state index contributed by atoms with van der Waals surface area (Å²) in [6.45, 7) is 5.49. The average molecular weight is 501 g/mol. The minimum Gasteiger partial charge on any atom is -0.395 e. The summed E-state index contributed by atoms with van der Waals surface area (Å²) in [6.07, 6.45) is 0. The highest BCUT2D eigenvalue weighted by atomic mass is 32.1. The maximum atomic E-state index is 14.9. The lowest BCUT2D eigenvalue weighted by atomic mass is 9.96. The molecule has 35 heavy (non-hydrogen) atoms. The van der Waals surface area contributed by atoms with E-state index in [1.807, 2.05) is 12.1 Å². The van der Waals surface area contributed by atoms with Crippen molar-refractivity contribution in [2.75, 3.05) is 31.7 Å². The van der Waals surface area contributed by atoms with Crippen LogP contribution in [0.2, 0.25) is 0 Å². The molecule has 1 amide bonds. The first kappa shape index (κ1) is 25.2. The van der Waals surface area contributed by atoms with Gasteiger partial charge in [0, 0.05) is 23.5 Å². The van der Waals surface area contributed by atoms with Crippen molar-refractivity contribution < 1.29 is 24.1 Å². The first-order valence-corrected chi connectivity index (χ1v) is 12.1. The molecule has 1 aliphatic heterocycles. The summed E-state index contributed by atoms with van der Waals surface area (Å²) >= 11 is 1.19. The predicted octanol–water partition coefficient (Wildman–Crippen LogP) is 3.21. The fourth-order valence-electron chi connectivity index (χ4n) is 3.92. The number of anilines is 2. The van der Waals surface area contributed by atoms with Crippen LogP contribution in [-0.4, -0.2) is 58.4 Å². The molecule has 4 rings (SSSR count). The molecule has 2 aromatic heterocycles. The van der Waals surface area contributed by atoms with Crippen molar-refractivity contribution in [1.29, 1.82) is 0 Å². The van der Waals surface area contributed by atoms with Gasteiger partial charge in [-0.3, -0.25) is 9.69 Å². The van der Waals surface area contributed by atoms with E-state index in [2.05, 4.69) is 15.2 Å². The van der Waals surface area contributed by atoms with E-state index in [9.17, 15) is 19.4 Å². The van der Waals surface area contributed by atoms with Gasteiger partial charge in [0.2, 0.25) is 0 Å². The van der Waals surface area contributed by atoms with Gasteiger partial charge in [0.15, 0.2) is 0 Å². The van der Waals surface area contributed by atoms with Crippen molar-refractivity contribution in [1.82, 2.24) is 9.88 Å². The van der Waals surface area contributed by atoms with E-state index < -0.39 is 17.3 Å². The largest absolute Gasteiger partial charge is 0.395 e. The summed E-state index contributed by atoms with van der Waals surface area (Å²) < 4.78 is 20.3. The van der Waals surface area contributed by atoms with Crippen LogP contribution in [0.3, 0.4) is 0 Å². The number of aliphatic hydroxyl groups is 2. The minimum absolute atomic E-state index is 0.00518. The molecular formula is C25H29FN4O4S. The van der Waals surface area contributed by atoms with Crippen molar-refractivity contribution in [3.05, 3.63) is 65.1 Å². The number of aromatic nitrogens is 1. The zero-order chi connectivity index (χ0) is 25.2. The second kappa shape index (κ2) is 10.4. The molecule has 0 saturated carbocycles. The van der Waals surface area contributed by atoms with Crippen LogP contribution in [-0.2, 0) is 16.9 Å². The standard InChI is InChI=1S/C25H29FN4O4S/c1-25(2,33)15-6-7-18(20(26)10-15)21-11-19(23(27)32)24(35-21)29-22-5-3-4-16(28-22)12-30-8-9-34-14-17(30)13-31/h3-7,10-11,17,31,33H,8-9,12-14H2,1-2H3,(H2,27,32)(H,28,29). The molecule has 0 radical (unpaired) electrons. The number of hydrogen-bond donors (Lipinski definition) is 4. The highest BCUT2D eigenvalue weighted by Gasteiger charge is 2.23. The Balaban J connectivity index is 1.58. The molecule has 186 valence electrons. The minimum atomic E-state index is -1.17. The SMILES string of the molecule is CC(C)(O)c1ccc(-c2cc(C(N)=O)c(Nc3cccc(CN4CCOCC4CO)n3)s2)c(F)c1. The highest BCUT2D eigenvalue weighted by Crippen LogP contribution is 2.38. The Labute approximate surface area is 207 Å². The number of primary amides is 1. The zero-order valence-electron chi connectivity index (χ0n) is 19.6. The van der Waals surface area contributed by atoms with Gasteiger partial charge in [0.25, 0.3) is 5.91 Å². The maximum Gasteiger partial charge on any atom is 0.251 e. The topological polar surface area (TPSA) is 121 Å². The number of thiophene rings is 1. The molecule has 0 spiro atoms. The average Bonchev–Trinajstić information content (AvgIpc) is 3.22. The number of nitrogens with two attached hydrogens (primary N) is 1. The van der Waals surface area contributed by atoms with Crippen LogP contribution in [0, 0.1) is 5.82 Å². The molecule has 1 aromatic carbocycles. The third kappa shape index (κ3) is 5.85. The first-order chi connectivity index (χ1) is 16.7. The van der Waals surface area contributed by atoms with Crippen molar-refractivity contribution >= 4 is 28.1 Å². The Morgan fingerprint density at radius 3 is 2.83 bits per heavy atom. The van der Waals surface area contributed by atoms with Crippen LogP contribution in [0.4, 0.5) is 15.2 Å². The highest BCUT2D eigenvalue weighted by molar-refractivity contribution is 7.19. The lowest BCUT2D eigenvalue weighted by molar-refractivity contribution is -0.0317. The quantitative estimate of drug-likeness (QED) is 0.375. The van der Waals surface area contributed by atoms with E-state index in [0.29, 0.717) is 53.1 Å². The number of nitrogens with one attached hydrogen (secondary N) is 1. The van der Waals surface area contributed by atoms with Gasteiger partial charge in [-0.25, -0.2) is 9.37 Å². The van der Waals surface area contributed by atoms with Gasteiger partial charge in [-0.05, 0) is 43.7 Å². The van der Waals surface area contributed by atoms with Crippen LogP contribution in [0.1, 0.15) is 35.5 Å².